The minimum Gasteiger partial charge on any atom is -0.465 e. The number of nitrogens with zero attached hydrogens (tertiary/aromatic N) is 1. The normalized spacial score (nSPS) is 13.2. The topological polar surface area (TPSA) is 101 Å². The maximum Gasteiger partial charge on any atom is 0.461 e. The van der Waals surface area contributed by atoms with Crippen LogP contribution < -0.4 is 14.8 Å². The number of hydrogen-bond donors (Lipinski definition) is 3. The Kier molecular flexibility index (Phi) is 7.90. The lowest BCUT2D eigenvalue weighted by atomic mass is 9.96. The molecule has 0 aliphatic carbocycles. The van der Waals surface area contributed by atoms with Crippen LogP contribution in [0.4, 0.5) is 22.4 Å². The summed E-state index contributed by atoms with van der Waals surface area (Å²) in [7, 11) is 0. The van der Waals surface area contributed by atoms with E-state index >= 15 is 0 Å². The number of pyridine rings is 1. The highest BCUT2D eigenvalue weighted by Crippen LogP contribution is 2.29. The molecule has 3 rings (SSSR count). The van der Waals surface area contributed by atoms with Gasteiger partial charge in [-0.2, -0.15) is 17.6 Å². The second-order valence-corrected chi connectivity index (χ2v) is 7.18. The molecule has 0 aliphatic rings. The van der Waals surface area contributed by atoms with Crippen LogP contribution in [0.2, 0.25) is 0 Å². The van der Waals surface area contributed by atoms with Gasteiger partial charge in [0.05, 0.1) is 18.3 Å². The summed E-state index contributed by atoms with van der Waals surface area (Å²) in [4.78, 5) is 15.2. The Hall–Kier alpha value is -3.86. The van der Waals surface area contributed by atoms with Gasteiger partial charge in [-0.25, -0.2) is 4.79 Å². The molecule has 0 fully saturated rings. The van der Waals surface area contributed by atoms with Gasteiger partial charge in [-0.05, 0) is 53.9 Å². The molecule has 0 saturated heterocycles. The standard InChI is InChI=1S/C23H20F4N2O5/c24-21(25)23(26,27)34-17-4-1-3-14(11-17)12-19(29-22(31)32)20(30)15-6-8-16(9-7-15)33-18-5-2-10-28-13-18/h1-11,13,19-21,29-30H,12H2,(H,31,32). The first-order valence-electron chi connectivity index (χ1n) is 9.93. The number of rotatable bonds is 10. The van der Waals surface area contributed by atoms with E-state index < -0.39 is 36.5 Å². The van der Waals surface area contributed by atoms with Crippen LogP contribution in [0.1, 0.15) is 17.2 Å². The van der Waals surface area contributed by atoms with Gasteiger partial charge in [0.2, 0.25) is 0 Å². The minimum atomic E-state index is -4.68. The van der Waals surface area contributed by atoms with Crippen molar-refractivity contribution >= 4 is 6.09 Å². The van der Waals surface area contributed by atoms with Crippen LogP contribution >= 0.6 is 0 Å². The highest BCUT2D eigenvalue weighted by atomic mass is 19.3. The molecular weight excluding hydrogens is 460 g/mol. The molecule has 0 aliphatic heterocycles. The second-order valence-electron chi connectivity index (χ2n) is 7.18. The number of aromatic nitrogens is 1. The Morgan fingerprint density at radius 1 is 1.03 bits per heavy atom. The van der Waals surface area contributed by atoms with Gasteiger partial charge < -0.3 is 25.0 Å². The van der Waals surface area contributed by atoms with E-state index in [1.54, 1.807) is 30.5 Å². The maximum atomic E-state index is 13.2. The molecule has 1 heterocycles. The predicted octanol–water partition coefficient (Wildman–Crippen LogP) is 5.02. The monoisotopic (exact) mass is 480 g/mol. The van der Waals surface area contributed by atoms with Gasteiger partial charge in [-0.15, -0.1) is 0 Å². The molecule has 34 heavy (non-hydrogen) atoms. The van der Waals surface area contributed by atoms with E-state index in [0.717, 1.165) is 12.1 Å². The quantitative estimate of drug-likeness (QED) is 0.352. The Labute approximate surface area is 191 Å². The van der Waals surface area contributed by atoms with Crippen molar-refractivity contribution < 1.29 is 42.0 Å². The van der Waals surface area contributed by atoms with Gasteiger partial charge in [-0.1, -0.05) is 24.3 Å². The van der Waals surface area contributed by atoms with Crippen molar-refractivity contribution in [1.82, 2.24) is 10.3 Å². The van der Waals surface area contributed by atoms with Gasteiger partial charge in [0.15, 0.2) is 0 Å². The van der Waals surface area contributed by atoms with Crippen molar-refractivity contribution in [3.05, 3.63) is 84.2 Å². The van der Waals surface area contributed by atoms with Crippen molar-refractivity contribution in [3.63, 3.8) is 0 Å². The SMILES string of the molecule is O=C(O)NC(Cc1cccc(OC(F)(F)C(F)F)c1)C(O)c1ccc(Oc2cccnc2)cc1. The number of carboxylic acid groups (broad SMARTS) is 1. The first-order chi connectivity index (χ1) is 16.1. The fourth-order valence-corrected chi connectivity index (χ4v) is 3.10. The number of carbonyl (C=O) groups is 1. The second kappa shape index (κ2) is 10.8. The van der Waals surface area contributed by atoms with Crippen molar-refractivity contribution in [2.45, 2.75) is 31.1 Å². The predicted molar refractivity (Wildman–Crippen MR) is 112 cm³/mol. The summed E-state index contributed by atoms with van der Waals surface area (Å²) in [5.74, 6) is 0.431. The van der Waals surface area contributed by atoms with E-state index in [-0.39, 0.29) is 12.0 Å². The third kappa shape index (κ3) is 6.82. The maximum absolute atomic E-state index is 13.2. The number of alkyl halides is 4. The summed E-state index contributed by atoms with van der Waals surface area (Å²) in [6.07, 6.45) is -8.48. The van der Waals surface area contributed by atoms with Crippen LogP contribution in [0, 0.1) is 0 Å². The molecule has 2 unspecified atom stereocenters. The van der Waals surface area contributed by atoms with E-state index in [0.29, 0.717) is 17.1 Å². The zero-order chi connectivity index (χ0) is 24.7. The fraction of sp³-hybridized carbons (Fsp3) is 0.217. The summed E-state index contributed by atoms with van der Waals surface area (Å²) in [6, 6.07) is 13.4. The van der Waals surface area contributed by atoms with Crippen LogP contribution in [0.3, 0.4) is 0 Å². The van der Waals surface area contributed by atoms with Crippen molar-refractivity contribution in [2.75, 3.05) is 0 Å². The number of aliphatic hydroxyl groups is 1. The first kappa shape index (κ1) is 24.8. The van der Waals surface area contributed by atoms with Crippen LogP contribution in [0.25, 0.3) is 0 Å². The smallest absolute Gasteiger partial charge is 0.461 e. The average molecular weight is 480 g/mol. The molecule has 3 N–H and O–H groups in total. The molecule has 180 valence electrons. The highest BCUT2D eigenvalue weighted by Gasteiger charge is 2.44. The zero-order valence-electron chi connectivity index (χ0n) is 17.4. The third-order valence-electron chi connectivity index (χ3n) is 4.64. The van der Waals surface area contributed by atoms with E-state index in [1.807, 2.05) is 0 Å². The Morgan fingerprint density at radius 3 is 2.35 bits per heavy atom. The summed E-state index contributed by atoms with van der Waals surface area (Å²) in [5.41, 5.74) is 0.630. The summed E-state index contributed by atoms with van der Waals surface area (Å²) >= 11 is 0. The number of amides is 1. The van der Waals surface area contributed by atoms with Gasteiger partial charge in [0.1, 0.15) is 17.2 Å². The molecule has 0 spiro atoms. The average Bonchev–Trinajstić information content (AvgIpc) is 2.79. The Bertz CT molecular complexity index is 1080. The molecule has 2 aromatic carbocycles. The zero-order valence-corrected chi connectivity index (χ0v) is 17.4. The minimum absolute atomic E-state index is 0.140. The number of hydrogen-bond acceptors (Lipinski definition) is 5. The largest absolute Gasteiger partial charge is 0.465 e. The van der Waals surface area contributed by atoms with Crippen molar-refractivity contribution in [2.24, 2.45) is 0 Å². The number of aliphatic hydroxyl groups excluding tert-OH is 1. The molecule has 3 aromatic rings. The van der Waals surface area contributed by atoms with Gasteiger partial charge in [-0.3, -0.25) is 4.98 Å². The van der Waals surface area contributed by atoms with Crippen LogP contribution in [0.5, 0.6) is 17.2 Å². The van der Waals surface area contributed by atoms with Gasteiger partial charge >= 0.3 is 18.6 Å². The molecule has 1 aromatic heterocycles. The van der Waals surface area contributed by atoms with E-state index in [4.69, 9.17) is 4.74 Å². The van der Waals surface area contributed by atoms with Crippen molar-refractivity contribution in [3.8, 4) is 17.2 Å². The summed E-state index contributed by atoms with van der Waals surface area (Å²) in [5, 5.41) is 22.1. The first-order valence-corrected chi connectivity index (χ1v) is 9.93. The molecule has 7 nitrogen and oxygen atoms in total. The fourth-order valence-electron chi connectivity index (χ4n) is 3.10. The van der Waals surface area contributed by atoms with Crippen LogP contribution in [0.15, 0.2) is 73.1 Å². The molecule has 1 amide bonds. The number of halogens is 4. The Balaban J connectivity index is 1.74. The molecule has 0 bridgehead atoms. The van der Waals surface area contributed by atoms with Crippen molar-refractivity contribution in [1.29, 1.82) is 0 Å². The lowest BCUT2D eigenvalue weighted by Crippen LogP contribution is -2.40. The van der Waals surface area contributed by atoms with Gasteiger partial charge in [0, 0.05) is 6.20 Å². The number of nitrogens with one attached hydrogen (secondary N) is 1. The molecular formula is C23H20F4N2O5. The van der Waals surface area contributed by atoms with Crippen LogP contribution in [-0.2, 0) is 6.42 Å². The molecule has 0 saturated carbocycles. The Morgan fingerprint density at radius 2 is 1.74 bits per heavy atom. The lowest BCUT2D eigenvalue weighted by molar-refractivity contribution is -0.253. The number of ether oxygens (including phenoxy) is 2. The van der Waals surface area contributed by atoms with Gasteiger partial charge in [0.25, 0.3) is 0 Å². The number of benzene rings is 2. The molecule has 2 atom stereocenters. The van der Waals surface area contributed by atoms with E-state index in [2.05, 4.69) is 15.0 Å². The summed E-state index contributed by atoms with van der Waals surface area (Å²) in [6.45, 7) is 0. The summed E-state index contributed by atoms with van der Waals surface area (Å²) < 4.78 is 60.9. The van der Waals surface area contributed by atoms with Crippen LogP contribution in [-0.4, -0.2) is 39.9 Å². The molecule has 11 heteroatoms. The lowest BCUT2D eigenvalue weighted by Gasteiger charge is -2.24. The third-order valence-corrected chi connectivity index (χ3v) is 4.64. The van der Waals surface area contributed by atoms with E-state index in [1.165, 1.54) is 30.5 Å². The highest BCUT2D eigenvalue weighted by molar-refractivity contribution is 5.65. The molecule has 0 radical (unpaired) electrons. The van der Waals surface area contributed by atoms with E-state index in [9.17, 15) is 32.6 Å².